The van der Waals surface area contributed by atoms with E-state index in [0.29, 0.717) is 32.1 Å². The molecule has 2 aliphatic carbocycles. The van der Waals surface area contributed by atoms with Crippen molar-refractivity contribution in [3.05, 3.63) is 0 Å². The van der Waals surface area contributed by atoms with E-state index in [4.69, 9.17) is 4.74 Å². The van der Waals surface area contributed by atoms with E-state index >= 15 is 0 Å². The number of esters is 1. The number of sulfonamides is 1. The topological polar surface area (TPSA) is 101 Å². The maximum atomic E-state index is 12.7. The summed E-state index contributed by atoms with van der Waals surface area (Å²) >= 11 is 0. The number of rotatable bonds is 7. The average molecular weight is 319 g/mol. The van der Waals surface area contributed by atoms with Crippen molar-refractivity contribution < 1.29 is 27.9 Å². The Morgan fingerprint density at radius 2 is 1.90 bits per heavy atom. The lowest BCUT2D eigenvalue weighted by Crippen LogP contribution is -2.45. The smallest absolute Gasteiger partial charge is 0.321 e. The van der Waals surface area contributed by atoms with Crippen LogP contribution in [0.2, 0.25) is 0 Å². The predicted molar refractivity (Wildman–Crippen MR) is 74.0 cm³/mol. The zero-order valence-corrected chi connectivity index (χ0v) is 12.8. The van der Waals surface area contributed by atoms with Crippen LogP contribution in [-0.4, -0.2) is 54.2 Å². The third-order valence-electron chi connectivity index (χ3n) is 4.02. The molecule has 2 atom stereocenters. The summed E-state index contributed by atoms with van der Waals surface area (Å²) in [7, 11) is -3.79. The van der Waals surface area contributed by atoms with Gasteiger partial charge >= 0.3 is 11.9 Å². The lowest BCUT2D eigenvalue weighted by molar-refractivity contribution is -0.143. The first-order valence-corrected chi connectivity index (χ1v) is 8.77. The molecule has 0 aromatic heterocycles. The maximum Gasteiger partial charge on any atom is 0.321 e. The van der Waals surface area contributed by atoms with Crippen molar-refractivity contribution in [2.24, 2.45) is 5.92 Å². The van der Waals surface area contributed by atoms with Crippen molar-refractivity contribution >= 4 is 22.0 Å². The molecule has 0 aromatic rings. The summed E-state index contributed by atoms with van der Waals surface area (Å²) in [5, 5.41) is 8.25. The van der Waals surface area contributed by atoms with Crippen LogP contribution in [0.1, 0.15) is 39.0 Å². The summed E-state index contributed by atoms with van der Waals surface area (Å²) in [6.45, 7) is 1.54. The molecule has 1 N–H and O–H groups in total. The Kier molecular flexibility index (Phi) is 4.88. The van der Waals surface area contributed by atoms with Crippen LogP contribution in [0.3, 0.4) is 0 Å². The van der Waals surface area contributed by atoms with Crippen LogP contribution in [-0.2, 0) is 24.3 Å². The second-order valence-corrected chi connectivity index (χ2v) is 7.64. The van der Waals surface area contributed by atoms with Gasteiger partial charge < -0.3 is 9.84 Å². The molecule has 0 amide bonds. The first kappa shape index (κ1) is 16.2. The summed E-state index contributed by atoms with van der Waals surface area (Å²) in [6, 6.07) is -0.186. The molecule has 0 aromatic carbocycles. The Bertz CT molecular complexity index is 513. The minimum atomic E-state index is -3.79. The standard InChI is InChI=1S/C13H21NO6S/c1-2-20-12(15)8-14(9-6-7-9)21(18,19)11-5-3-4-10(11)13(16)17/h9-11H,2-8H2,1H3,(H,16,17). The monoisotopic (exact) mass is 319 g/mol. The minimum Gasteiger partial charge on any atom is -0.481 e. The fourth-order valence-corrected chi connectivity index (χ4v) is 5.25. The normalized spacial score (nSPS) is 26.0. The van der Waals surface area contributed by atoms with Crippen molar-refractivity contribution in [3.8, 4) is 0 Å². The molecule has 2 saturated carbocycles. The number of aliphatic carboxylic acids is 1. The number of nitrogens with zero attached hydrogens (tertiary/aromatic N) is 1. The van der Waals surface area contributed by atoms with Crippen LogP contribution < -0.4 is 0 Å². The summed E-state index contributed by atoms with van der Waals surface area (Å²) in [4.78, 5) is 22.8. The number of carbonyl (C=O) groups excluding carboxylic acids is 1. The van der Waals surface area contributed by atoms with Crippen molar-refractivity contribution in [1.82, 2.24) is 4.31 Å². The van der Waals surface area contributed by atoms with E-state index in [1.54, 1.807) is 6.92 Å². The molecular formula is C13H21NO6S. The van der Waals surface area contributed by atoms with E-state index in [0.717, 1.165) is 4.31 Å². The number of carbonyl (C=O) groups is 2. The SMILES string of the molecule is CCOC(=O)CN(C1CC1)S(=O)(=O)C1CCCC1C(=O)O. The first-order valence-electron chi connectivity index (χ1n) is 7.27. The Morgan fingerprint density at radius 1 is 1.24 bits per heavy atom. The molecule has 0 spiro atoms. The van der Waals surface area contributed by atoms with Gasteiger partial charge in [0.25, 0.3) is 0 Å². The Labute approximate surface area is 124 Å². The van der Waals surface area contributed by atoms with E-state index in [1.165, 1.54) is 0 Å². The molecule has 2 aliphatic rings. The highest BCUT2D eigenvalue weighted by atomic mass is 32.2. The van der Waals surface area contributed by atoms with Crippen LogP contribution in [0.25, 0.3) is 0 Å². The molecule has 2 rings (SSSR count). The minimum absolute atomic E-state index is 0.186. The highest BCUT2D eigenvalue weighted by Crippen LogP contribution is 2.37. The fourth-order valence-electron chi connectivity index (χ4n) is 2.86. The summed E-state index contributed by atoms with van der Waals surface area (Å²) in [6.07, 6.45) is 2.72. The lowest BCUT2D eigenvalue weighted by Gasteiger charge is -2.26. The molecule has 7 nitrogen and oxygen atoms in total. The molecule has 120 valence electrons. The number of hydrogen-bond acceptors (Lipinski definition) is 5. The van der Waals surface area contributed by atoms with Crippen LogP contribution >= 0.6 is 0 Å². The zero-order valence-electron chi connectivity index (χ0n) is 12.0. The van der Waals surface area contributed by atoms with E-state index in [1.807, 2.05) is 0 Å². The van der Waals surface area contributed by atoms with Crippen LogP contribution in [0.4, 0.5) is 0 Å². The molecule has 0 radical (unpaired) electrons. The molecule has 0 heterocycles. The number of ether oxygens (including phenoxy) is 1. The molecule has 0 bridgehead atoms. The lowest BCUT2D eigenvalue weighted by atomic mass is 10.1. The number of carboxylic acid groups (broad SMARTS) is 1. The van der Waals surface area contributed by atoms with Crippen LogP contribution in [0.15, 0.2) is 0 Å². The fraction of sp³-hybridized carbons (Fsp3) is 0.846. The molecule has 2 fully saturated rings. The highest BCUT2D eigenvalue weighted by Gasteiger charge is 2.48. The van der Waals surface area contributed by atoms with Gasteiger partial charge in [-0.1, -0.05) is 6.42 Å². The van der Waals surface area contributed by atoms with E-state index in [-0.39, 0.29) is 19.2 Å². The molecule has 0 aliphatic heterocycles. The van der Waals surface area contributed by atoms with Gasteiger partial charge in [-0.3, -0.25) is 9.59 Å². The van der Waals surface area contributed by atoms with Gasteiger partial charge in [-0.05, 0) is 32.6 Å². The van der Waals surface area contributed by atoms with Gasteiger partial charge in [-0.25, -0.2) is 8.42 Å². The second-order valence-electron chi connectivity index (χ2n) is 5.54. The van der Waals surface area contributed by atoms with Gasteiger partial charge in [0.1, 0.15) is 6.54 Å². The van der Waals surface area contributed by atoms with Gasteiger partial charge in [-0.15, -0.1) is 0 Å². The van der Waals surface area contributed by atoms with Crippen LogP contribution in [0.5, 0.6) is 0 Å². The van der Waals surface area contributed by atoms with Crippen molar-refractivity contribution in [1.29, 1.82) is 0 Å². The Hall–Kier alpha value is -1.15. The Balaban J connectivity index is 2.18. The molecule has 2 unspecified atom stereocenters. The van der Waals surface area contributed by atoms with Gasteiger partial charge in [0.05, 0.1) is 17.8 Å². The van der Waals surface area contributed by atoms with Gasteiger partial charge in [0.2, 0.25) is 10.0 Å². The summed E-state index contributed by atoms with van der Waals surface area (Å²) < 4.78 is 31.4. The largest absolute Gasteiger partial charge is 0.481 e. The predicted octanol–water partition coefficient (Wildman–Crippen LogP) is 0.597. The van der Waals surface area contributed by atoms with E-state index in [2.05, 4.69) is 0 Å². The van der Waals surface area contributed by atoms with E-state index in [9.17, 15) is 23.1 Å². The number of hydrogen-bond donors (Lipinski definition) is 1. The van der Waals surface area contributed by atoms with E-state index < -0.39 is 33.1 Å². The van der Waals surface area contributed by atoms with Crippen molar-refractivity contribution in [2.75, 3.05) is 13.2 Å². The molecular weight excluding hydrogens is 298 g/mol. The summed E-state index contributed by atoms with van der Waals surface area (Å²) in [5.41, 5.74) is 0. The Morgan fingerprint density at radius 3 is 2.43 bits per heavy atom. The molecule has 8 heteroatoms. The van der Waals surface area contributed by atoms with Crippen molar-refractivity contribution in [3.63, 3.8) is 0 Å². The third kappa shape index (κ3) is 3.55. The first-order chi connectivity index (χ1) is 9.87. The third-order valence-corrected chi connectivity index (χ3v) is 6.43. The quantitative estimate of drug-likeness (QED) is 0.690. The van der Waals surface area contributed by atoms with Gasteiger partial charge in [-0.2, -0.15) is 4.31 Å². The molecule has 0 saturated heterocycles. The number of carboxylic acids is 1. The van der Waals surface area contributed by atoms with Crippen LogP contribution in [0, 0.1) is 5.92 Å². The average Bonchev–Trinajstić information content (AvgIpc) is 3.10. The van der Waals surface area contributed by atoms with Crippen molar-refractivity contribution in [2.45, 2.75) is 50.3 Å². The van der Waals surface area contributed by atoms with Gasteiger partial charge in [0, 0.05) is 6.04 Å². The second kappa shape index (κ2) is 6.31. The van der Waals surface area contributed by atoms with Gasteiger partial charge in [0.15, 0.2) is 0 Å². The maximum absolute atomic E-state index is 12.7. The molecule has 21 heavy (non-hydrogen) atoms. The highest BCUT2D eigenvalue weighted by molar-refractivity contribution is 7.89. The summed E-state index contributed by atoms with van der Waals surface area (Å²) in [5.74, 6) is -2.54. The zero-order chi connectivity index (χ0) is 15.6.